The minimum Gasteiger partial charge on any atom is -0.494 e. The summed E-state index contributed by atoms with van der Waals surface area (Å²) in [6, 6.07) is 1.89. The Bertz CT molecular complexity index is 526. The molecule has 0 aliphatic heterocycles. The van der Waals surface area contributed by atoms with Crippen molar-refractivity contribution in [1.29, 1.82) is 0 Å². The fraction of sp³-hybridized carbons (Fsp3) is 0.500. The van der Waals surface area contributed by atoms with Gasteiger partial charge in [-0.1, -0.05) is 0 Å². The average Bonchev–Trinajstić information content (AvgIpc) is 2.34. The van der Waals surface area contributed by atoms with Gasteiger partial charge in [0.05, 0.1) is 17.7 Å². The Morgan fingerprint density at radius 2 is 2.37 bits per heavy atom. The van der Waals surface area contributed by atoms with Crippen molar-refractivity contribution in [2.45, 2.75) is 31.5 Å². The maximum atomic E-state index is 12.0. The van der Waals surface area contributed by atoms with Crippen molar-refractivity contribution in [2.75, 3.05) is 6.61 Å². The molecule has 1 heterocycles. The lowest BCUT2D eigenvalue weighted by atomic mass is 9.83. The number of aromatic nitrogens is 1. The summed E-state index contributed by atoms with van der Waals surface area (Å²) in [6.07, 6.45) is 0.596. The monoisotopic (exact) mass is 267 g/mol. The molecule has 5 N–H and O–H groups in total. The first-order valence-corrected chi connectivity index (χ1v) is 6.12. The maximum absolute atomic E-state index is 12.0. The highest BCUT2D eigenvalue weighted by atomic mass is 16.5. The quantitative estimate of drug-likeness (QED) is 0.576. The zero-order valence-corrected chi connectivity index (χ0v) is 10.6. The number of hydrogen-bond donors (Lipinski definition) is 4. The molecule has 0 radical (unpaired) electrons. The largest absolute Gasteiger partial charge is 0.494 e. The summed E-state index contributed by atoms with van der Waals surface area (Å²) >= 11 is 0. The highest BCUT2D eigenvalue weighted by Gasteiger charge is 2.40. The summed E-state index contributed by atoms with van der Waals surface area (Å²) in [5.74, 6) is -0.803. The standard InChI is InChI=1S/C12H17N3O4/c1-2-19-8-5-7(13)11(8)15-12(18)6-3-9(16)14-10(17)4-6/h3-4,7-8,11H,2,5,13H2,1H3,(H,15,18)(H2,14,16,17). The van der Waals surface area contributed by atoms with Gasteiger partial charge >= 0.3 is 0 Å². The van der Waals surface area contributed by atoms with Crippen LogP contribution >= 0.6 is 0 Å². The van der Waals surface area contributed by atoms with Crippen LogP contribution in [0.25, 0.3) is 0 Å². The lowest BCUT2D eigenvalue weighted by molar-refractivity contribution is -0.0300. The Morgan fingerprint density at radius 1 is 1.63 bits per heavy atom. The molecule has 1 saturated carbocycles. The van der Waals surface area contributed by atoms with E-state index < -0.39 is 11.5 Å². The van der Waals surface area contributed by atoms with Gasteiger partial charge in [-0.05, 0) is 13.3 Å². The molecule has 1 aromatic rings. The van der Waals surface area contributed by atoms with E-state index in [9.17, 15) is 14.7 Å². The number of amides is 1. The molecular weight excluding hydrogens is 250 g/mol. The summed E-state index contributed by atoms with van der Waals surface area (Å²) in [7, 11) is 0. The smallest absolute Gasteiger partial charge is 0.252 e. The van der Waals surface area contributed by atoms with Crippen molar-refractivity contribution in [1.82, 2.24) is 10.3 Å². The Kier molecular flexibility index (Phi) is 3.87. The van der Waals surface area contributed by atoms with Gasteiger partial charge in [0, 0.05) is 24.8 Å². The minimum atomic E-state index is -0.538. The van der Waals surface area contributed by atoms with Gasteiger partial charge in [-0.25, -0.2) is 0 Å². The first-order chi connectivity index (χ1) is 9.01. The van der Waals surface area contributed by atoms with Gasteiger partial charge < -0.3 is 20.9 Å². The molecule has 1 fully saturated rings. The van der Waals surface area contributed by atoms with Gasteiger partial charge in [-0.3, -0.25) is 14.6 Å². The number of hydrogen-bond acceptors (Lipinski definition) is 5. The third-order valence-corrected chi connectivity index (χ3v) is 3.14. The van der Waals surface area contributed by atoms with E-state index in [1.54, 1.807) is 0 Å². The molecule has 1 aromatic heterocycles. The maximum Gasteiger partial charge on any atom is 0.252 e. The fourth-order valence-electron chi connectivity index (χ4n) is 2.12. The summed E-state index contributed by atoms with van der Waals surface area (Å²) < 4.78 is 5.43. The van der Waals surface area contributed by atoms with Crippen molar-refractivity contribution in [2.24, 2.45) is 5.73 Å². The number of nitrogens with two attached hydrogens (primary N) is 1. The molecule has 0 bridgehead atoms. The van der Waals surface area contributed by atoms with Crippen molar-refractivity contribution >= 4 is 5.91 Å². The Labute approximate surface area is 109 Å². The van der Waals surface area contributed by atoms with Crippen LogP contribution in [0.5, 0.6) is 5.88 Å². The van der Waals surface area contributed by atoms with E-state index in [0.29, 0.717) is 13.0 Å². The van der Waals surface area contributed by atoms with Crippen LogP contribution in [-0.4, -0.2) is 40.8 Å². The number of H-pyrrole nitrogens is 1. The lowest BCUT2D eigenvalue weighted by Crippen LogP contribution is -2.64. The molecule has 1 amide bonds. The predicted octanol–water partition coefficient (Wildman–Crippen LogP) is -0.685. The Morgan fingerprint density at radius 3 is 2.95 bits per heavy atom. The minimum absolute atomic E-state index is 0.0931. The van der Waals surface area contributed by atoms with E-state index in [4.69, 9.17) is 10.5 Å². The van der Waals surface area contributed by atoms with Crippen LogP contribution in [0.3, 0.4) is 0 Å². The second-order valence-electron chi connectivity index (χ2n) is 4.51. The molecule has 3 atom stereocenters. The van der Waals surface area contributed by atoms with Gasteiger partial charge in [-0.2, -0.15) is 0 Å². The van der Waals surface area contributed by atoms with Crippen LogP contribution in [0.15, 0.2) is 16.9 Å². The van der Waals surface area contributed by atoms with Gasteiger partial charge in [0.25, 0.3) is 11.5 Å². The number of aromatic amines is 1. The number of rotatable bonds is 4. The number of carbonyl (C=O) groups excluding carboxylic acids is 1. The SMILES string of the molecule is CCOC1CC(N)C1NC(=O)c1cc(O)[nH]c(=O)c1. The van der Waals surface area contributed by atoms with Crippen molar-refractivity contribution in [3.05, 3.63) is 28.0 Å². The zero-order chi connectivity index (χ0) is 14.0. The van der Waals surface area contributed by atoms with E-state index in [1.165, 1.54) is 6.07 Å². The topological polar surface area (TPSA) is 117 Å². The molecule has 0 aromatic carbocycles. The first-order valence-electron chi connectivity index (χ1n) is 6.12. The summed E-state index contributed by atoms with van der Waals surface area (Å²) in [6.45, 7) is 2.42. The van der Waals surface area contributed by atoms with Crippen LogP contribution in [0.1, 0.15) is 23.7 Å². The second-order valence-corrected chi connectivity index (χ2v) is 4.51. The zero-order valence-electron chi connectivity index (χ0n) is 10.6. The first kappa shape index (κ1) is 13.6. The summed E-state index contributed by atoms with van der Waals surface area (Å²) in [5.41, 5.74) is 5.37. The van der Waals surface area contributed by atoms with Crippen molar-refractivity contribution in [3.8, 4) is 5.88 Å². The van der Waals surface area contributed by atoms with Crippen molar-refractivity contribution < 1.29 is 14.6 Å². The van der Waals surface area contributed by atoms with E-state index in [0.717, 1.165) is 6.07 Å². The van der Waals surface area contributed by atoms with Crippen LogP contribution in [0, 0.1) is 0 Å². The molecular formula is C12H17N3O4. The van der Waals surface area contributed by atoms with Gasteiger partial charge in [0.2, 0.25) is 0 Å². The third-order valence-electron chi connectivity index (χ3n) is 3.14. The molecule has 0 spiro atoms. The van der Waals surface area contributed by atoms with E-state index in [1.807, 2.05) is 6.92 Å². The fourth-order valence-corrected chi connectivity index (χ4v) is 2.12. The molecule has 19 heavy (non-hydrogen) atoms. The number of nitrogens with one attached hydrogen (secondary N) is 2. The predicted molar refractivity (Wildman–Crippen MR) is 68.0 cm³/mol. The Hall–Kier alpha value is -1.86. The number of pyridine rings is 1. The number of carbonyl (C=O) groups is 1. The molecule has 7 heteroatoms. The summed E-state index contributed by atoms with van der Waals surface area (Å²) in [4.78, 5) is 25.3. The van der Waals surface area contributed by atoms with Gasteiger partial charge in [-0.15, -0.1) is 0 Å². The molecule has 2 rings (SSSR count). The highest BCUT2D eigenvalue weighted by Crippen LogP contribution is 2.23. The molecule has 1 aliphatic rings. The molecule has 0 saturated heterocycles. The lowest BCUT2D eigenvalue weighted by Gasteiger charge is -2.42. The second kappa shape index (κ2) is 5.41. The summed E-state index contributed by atoms with van der Waals surface area (Å²) in [5, 5.41) is 12.0. The normalized spacial score (nSPS) is 25.7. The number of ether oxygens (including phenoxy) is 1. The van der Waals surface area contributed by atoms with Crippen molar-refractivity contribution in [3.63, 3.8) is 0 Å². The average molecular weight is 267 g/mol. The van der Waals surface area contributed by atoms with Crippen LogP contribution < -0.4 is 16.6 Å². The Balaban J connectivity index is 2.06. The highest BCUT2D eigenvalue weighted by molar-refractivity contribution is 5.94. The molecule has 1 aliphatic carbocycles. The molecule has 7 nitrogen and oxygen atoms in total. The van der Waals surface area contributed by atoms with E-state index in [2.05, 4.69) is 10.3 Å². The van der Waals surface area contributed by atoms with Crippen LogP contribution in [-0.2, 0) is 4.74 Å². The van der Waals surface area contributed by atoms with E-state index in [-0.39, 0.29) is 29.6 Å². The van der Waals surface area contributed by atoms with Crippen LogP contribution in [0.2, 0.25) is 0 Å². The van der Waals surface area contributed by atoms with Gasteiger partial charge in [0.1, 0.15) is 0 Å². The number of aromatic hydroxyl groups is 1. The van der Waals surface area contributed by atoms with Crippen LogP contribution in [0.4, 0.5) is 0 Å². The molecule has 3 unspecified atom stereocenters. The third kappa shape index (κ3) is 2.94. The molecule has 104 valence electrons. The van der Waals surface area contributed by atoms with Gasteiger partial charge in [0.15, 0.2) is 5.88 Å². The van der Waals surface area contributed by atoms with E-state index >= 15 is 0 Å².